The standard InChI is InChI=1S/C6H12O6/c7-1-2(8)5-3(9)4(10)6(11)12-5/h2-11H,1H2/t2-,3+,4-,5+,6-/m1/s1. The topological polar surface area (TPSA) is 110 Å². The molecule has 0 amide bonds. The van der Waals surface area contributed by atoms with Crippen molar-refractivity contribution in [3.05, 3.63) is 0 Å². The minimum absolute atomic E-state index is 0.596. The summed E-state index contributed by atoms with van der Waals surface area (Å²) < 4.78 is 4.58. The third-order valence-electron chi connectivity index (χ3n) is 1.84. The maximum absolute atomic E-state index is 9.12. The molecule has 0 radical (unpaired) electrons. The van der Waals surface area contributed by atoms with Gasteiger partial charge in [-0.25, -0.2) is 0 Å². The van der Waals surface area contributed by atoms with E-state index in [9.17, 15) is 0 Å². The Morgan fingerprint density at radius 1 is 1.17 bits per heavy atom. The smallest absolute Gasteiger partial charge is 0.184 e. The zero-order valence-electron chi connectivity index (χ0n) is 6.24. The van der Waals surface area contributed by atoms with Crippen molar-refractivity contribution in [3.63, 3.8) is 0 Å². The lowest BCUT2D eigenvalue weighted by molar-refractivity contribution is -0.150. The van der Waals surface area contributed by atoms with Gasteiger partial charge < -0.3 is 30.3 Å². The molecule has 0 spiro atoms. The van der Waals surface area contributed by atoms with E-state index >= 15 is 0 Å². The number of aliphatic hydroxyl groups is 5. The first-order valence-corrected chi connectivity index (χ1v) is 3.56. The van der Waals surface area contributed by atoms with Crippen molar-refractivity contribution in [2.24, 2.45) is 0 Å². The van der Waals surface area contributed by atoms with Gasteiger partial charge in [0.05, 0.1) is 6.61 Å². The van der Waals surface area contributed by atoms with Crippen LogP contribution in [-0.2, 0) is 4.74 Å². The molecule has 1 saturated heterocycles. The lowest BCUT2D eigenvalue weighted by Crippen LogP contribution is -2.40. The van der Waals surface area contributed by atoms with Crippen molar-refractivity contribution in [1.82, 2.24) is 0 Å². The molecule has 1 aliphatic heterocycles. The summed E-state index contributed by atoms with van der Waals surface area (Å²) in [6, 6.07) is 0. The van der Waals surface area contributed by atoms with E-state index in [1.807, 2.05) is 0 Å². The first-order chi connectivity index (χ1) is 5.57. The molecule has 72 valence electrons. The van der Waals surface area contributed by atoms with Gasteiger partial charge in [0.15, 0.2) is 6.29 Å². The minimum Gasteiger partial charge on any atom is -0.394 e. The number of hydrogen-bond acceptors (Lipinski definition) is 6. The normalized spacial score (nSPS) is 44.8. The summed E-state index contributed by atoms with van der Waals surface area (Å²) in [5.74, 6) is 0. The molecular weight excluding hydrogens is 168 g/mol. The van der Waals surface area contributed by atoms with Crippen LogP contribution in [0, 0.1) is 0 Å². The molecule has 1 fully saturated rings. The molecule has 0 unspecified atom stereocenters. The minimum atomic E-state index is -1.51. The van der Waals surface area contributed by atoms with Crippen LogP contribution in [0.1, 0.15) is 0 Å². The van der Waals surface area contributed by atoms with Crippen LogP contribution in [0.25, 0.3) is 0 Å². The molecule has 5 N–H and O–H groups in total. The van der Waals surface area contributed by atoms with Crippen LogP contribution in [0.15, 0.2) is 0 Å². The lowest BCUT2D eigenvalue weighted by atomic mass is 10.1. The molecule has 1 heterocycles. The molecular formula is C6H12O6. The molecule has 0 aliphatic carbocycles. The molecule has 1 aliphatic rings. The Morgan fingerprint density at radius 2 is 1.75 bits per heavy atom. The summed E-state index contributed by atoms with van der Waals surface area (Å²) in [5, 5.41) is 44.4. The SMILES string of the molecule is OC[C@@H](O)[C@@H]1O[C@@H](O)[C@H](O)[C@@H]1O. The quantitative estimate of drug-likeness (QED) is 0.306. The summed E-state index contributed by atoms with van der Waals surface area (Å²) in [6.07, 6.45) is -6.75. The zero-order chi connectivity index (χ0) is 9.30. The largest absolute Gasteiger partial charge is 0.394 e. The van der Waals surface area contributed by atoms with E-state index in [0.29, 0.717) is 0 Å². The molecule has 5 atom stereocenters. The van der Waals surface area contributed by atoms with Crippen LogP contribution in [0.5, 0.6) is 0 Å². The Bertz CT molecular complexity index is 151. The predicted octanol–water partition coefficient (Wildman–Crippen LogP) is -3.22. The van der Waals surface area contributed by atoms with Gasteiger partial charge in [-0.2, -0.15) is 0 Å². The summed E-state index contributed by atoms with van der Waals surface area (Å²) in [7, 11) is 0. The molecule has 6 nitrogen and oxygen atoms in total. The Kier molecular flexibility index (Phi) is 2.99. The summed E-state index contributed by atoms with van der Waals surface area (Å²) in [6.45, 7) is -0.596. The van der Waals surface area contributed by atoms with Crippen molar-refractivity contribution in [2.75, 3.05) is 6.61 Å². The predicted molar refractivity (Wildman–Crippen MR) is 36.0 cm³/mol. The number of aliphatic hydroxyl groups excluding tert-OH is 5. The molecule has 0 aromatic carbocycles. The van der Waals surface area contributed by atoms with Crippen molar-refractivity contribution >= 4 is 0 Å². The van der Waals surface area contributed by atoms with E-state index < -0.39 is 37.3 Å². The average Bonchev–Trinajstić information content (AvgIpc) is 2.32. The van der Waals surface area contributed by atoms with Gasteiger partial charge in [-0.15, -0.1) is 0 Å². The summed E-state index contributed by atoms with van der Waals surface area (Å²) in [5.41, 5.74) is 0. The van der Waals surface area contributed by atoms with Crippen LogP contribution >= 0.6 is 0 Å². The second-order valence-electron chi connectivity index (χ2n) is 2.72. The van der Waals surface area contributed by atoms with Crippen molar-refractivity contribution < 1.29 is 30.3 Å². The molecule has 0 aromatic heterocycles. The molecule has 0 saturated carbocycles. The fourth-order valence-electron chi connectivity index (χ4n) is 1.11. The van der Waals surface area contributed by atoms with Gasteiger partial charge in [-0.05, 0) is 0 Å². The average molecular weight is 180 g/mol. The second-order valence-corrected chi connectivity index (χ2v) is 2.72. The van der Waals surface area contributed by atoms with Gasteiger partial charge in [0.1, 0.15) is 24.4 Å². The monoisotopic (exact) mass is 180 g/mol. The summed E-state index contributed by atoms with van der Waals surface area (Å²) in [4.78, 5) is 0. The van der Waals surface area contributed by atoms with Gasteiger partial charge in [-0.3, -0.25) is 0 Å². The van der Waals surface area contributed by atoms with Crippen LogP contribution < -0.4 is 0 Å². The highest BCUT2D eigenvalue weighted by Crippen LogP contribution is 2.21. The van der Waals surface area contributed by atoms with E-state index in [1.165, 1.54) is 0 Å². The Morgan fingerprint density at radius 3 is 2.08 bits per heavy atom. The highest BCUT2D eigenvalue weighted by Gasteiger charge is 2.44. The van der Waals surface area contributed by atoms with E-state index in [-0.39, 0.29) is 0 Å². The third kappa shape index (κ3) is 1.58. The Balaban J connectivity index is 2.58. The van der Waals surface area contributed by atoms with Gasteiger partial charge >= 0.3 is 0 Å². The molecule has 6 heteroatoms. The number of hydrogen-bond donors (Lipinski definition) is 5. The first-order valence-electron chi connectivity index (χ1n) is 3.56. The van der Waals surface area contributed by atoms with E-state index in [4.69, 9.17) is 25.5 Å². The van der Waals surface area contributed by atoms with Crippen molar-refractivity contribution in [3.8, 4) is 0 Å². The summed E-state index contributed by atoms with van der Waals surface area (Å²) >= 11 is 0. The number of rotatable bonds is 2. The Hall–Kier alpha value is -0.240. The maximum atomic E-state index is 9.12. The van der Waals surface area contributed by atoms with Crippen LogP contribution in [-0.4, -0.2) is 62.8 Å². The maximum Gasteiger partial charge on any atom is 0.184 e. The molecule has 0 aromatic rings. The van der Waals surface area contributed by atoms with Gasteiger partial charge in [0.25, 0.3) is 0 Å². The van der Waals surface area contributed by atoms with Crippen molar-refractivity contribution in [1.29, 1.82) is 0 Å². The fraction of sp³-hybridized carbons (Fsp3) is 1.00. The zero-order valence-corrected chi connectivity index (χ0v) is 6.24. The molecule has 0 bridgehead atoms. The van der Waals surface area contributed by atoms with Gasteiger partial charge in [0.2, 0.25) is 0 Å². The van der Waals surface area contributed by atoms with Gasteiger partial charge in [0, 0.05) is 0 Å². The molecule has 12 heavy (non-hydrogen) atoms. The van der Waals surface area contributed by atoms with Crippen molar-refractivity contribution in [2.45, 2.75) is 30.7 Å². The third-order valence-corrected chi connectivity index (χ3v) is 1.84. The number of ether oxygens (including phenoxy) is 1. The second kappa shape index (κ2) is 3.65. The lowest BCUT2D eigenvalue weighted by Gasteiger charge is -2.18. The van der Waals surface area contributed by atoms with Crippen LogP contribution in [0.2, 0.25) is 0 Å². The van der Waals surface area contributed by atoms with Crippen LogP contribution in [0.3, 0.4) is 0 Å². The van der Waals surface area contributed by atoms with E-state index in [1.54, 1.807) is 0 Å². The van der Waals surface area contributed by atoms with E-state index in [0.717, 1.165) is 0 Å². The van der Waals surface area contributed by atoms with E-state index in [2.05, 4.69) is 4.74 Å². The van der Waals surface area contributed by atoms with Crippen LogP contribution in [0.4, 0.5) is 0 Å². The highest BCUT2D eigenvalue weighted by atomic mass is 16.6. The Labute approximate surface area is 68.6 Å². The molecule has 1 rings (SSSR count). The van der Waals surface area contributed by atoms with Gasteiger partial charge in [-0.1, -0.05) is 0 Å². The highest BCUT2D eigenvalue weighted by molar-refractivity contribution is 4.89. The fourth-order valence-corrected chi connectivity index (χ4v) is 1.11. The first kappa shape index (κ1) is 9.85.